The first-order valence-electron chi connectivity index (χ1n) is 8.45. The van der Waals surface area contributed by atoms with Gasteiger partial charge in [-0.1, -0.05) is 12.1 Å². The maximum Gasteiger partial charge on any atom is 0.387 e. The number of likely N-dealkylation sites (N-methyl/N-ethyl adjacent to an activating group) is 1. The number of alkyl halides is 2. The number of carbonyl (C=O) groups is 3. The van der Waals surface area contributed by atoms with E-state index in [1.54, 1.807) is 19.2 Å². The Morgan fingerprint density at radius 3 is 2.67 bits per heavy atom. The van der Waals surface area contributed by atoms with Crippen LogP contribution in [0.2, 0.25) is 0 Å². The van der Waals surface area contributed by atoms with Crippen LogP contribution in [0.5, 0.6) is 5.75 Å². The van der Waals surface area contributed by atoms with E-state index in [1.165, 1.54) is 21.9 Å². The van der Waals surface area contributed by atoms with E-state index in [0.29, 0.717) is 26.2 Å². The summed E-state index contributed by atoms with van der Waals surface area (Å²) in [5.41, 5.74) is 0.776. The maximum absolute atomic E-state index is 12.4. The number of carbonyl (C=O) groups excluding carboxylic acids is 3. The Balaban J connectivity index is 1.50. The Labute approximate surface area is 154 Å². The molecule has 3 rings (SSSR count). The van der Waals surface area contributed by atoms with Gasteiger partial charge in [0.2, 0.25) is 5.91 Å². The molecule has 27 heavy (non-hydrogen) atoms. The molecular formula is C17H20F2N4O4. The summed E-state index contributed by atoms with van der Waals surface area (Å²) in [5, 5.41) is 2.27. The molecule has 1 N–H and O–H groups in total. The standard InChI is InChI=1S/C17H20F2N4O4/c1-21(8-11-2-4-12(5-3-11)27-16(18)19)14(24)10-22-6-7-23-13(9-22)15(25)20-17(23)26/h2-5,13,16H,6-10H2,1H3,(H,20,25,26)/t13-/m0/s1. The lowest BCUT2D eigenvalue weighted by Crippen LogP contribution is -2.54. The second kappa shape index (κ2) is 7.87. The topological polar surface area (TPSA) is 82.2 Å². The molecule has 1 aromatic rings. The minimum atomic E-state index is -2.88. The van der Waals surface area contributed by atoms with Gasteiger partial charge in [-0.15, -0.1) is 0 Å². The molecule has 2 aliphatic rings. The van der Waals surface area contributed by atoms with Gasteiger partial charge in [-0.2, -0.15) is 8.78 Å². The van der Waals surface area contributed by atoms with Crippen molar-refractivity contribution >= 4 is 17.8 Å². The van der Waals surface area contributed by atoms with Crippen LogP contribution in [0.25, 0.3) is 0 Å². The van der Waals surface area contributed by atoms with Gasteiger partial charge in [-0.25, -0.2) is 4.79 Å². The van der Waals surface area contributed by atoms with E-state index in [9.17, 15) is 23.2 Å². The van der Waals surface area contributed by atoms with Gasteiger partial charge < -0.3 is 14.5 Å². The molecule has 1 atom stereocenters. The molecule has 1 aromatic carbocycles. The summed E-state index contributed by atoms with van der Waals surface area (Å²) in [6.07, 6.45) is 0. The zero-order valence-corrected chi connectivity index (χ0v) is 14.7. The highest BCUT2D eigenvalue weighted by Crippen LogP contribution is 2.17. The Hall–Kier alpha value is -2.75. The molecular weight excluding hydrogens is 362 g/mol. The highest BCUT2D eigenvalue weighted by Gasteiger charge is 2.42. The average molecular weight is 382 g/mol. The van der Waals surface area contributed by atoms with Crippen molar-refractivity contribution in [3.63, 3.8) is 0 Å². The van der Waals surface area contributed by atoms with Crippen molar-refractivity contribution < 1.29 is 27.9 Å². The molecule has 0 aliphatic carbocycles. The predicted octanol–water partition coefficient (Wildman–Crippen LogP) is 0.482. The van der Waals surface area contributed by atoms with E-state index >= 15 is 0 Å². The zero-order valence-electron chi connectivity index (χ0n) is 14.7. The lowest BCUT2D eigenvalue weighted by Gasteiger charge is -2.35. The Kier molecular flexibility index (Phi) is 5.54. The van der Waals surface area contributed by atoms with Crippen molar-refractivity contribution in [2.45, 2.75) is 19.2 Å². The minimum absolute atomic E-state index is 0.0602. The average Bonchev–Trinajstić information content (AvgIpc) is 2.90. The third kappa shape index (κ3) is 4.51. The highest BCUT2D eigenvalue weighted by atomic mass is 19.3. The van der Waals surface area contributed by atoms with Gasteiger partial charge in [0.1, 0.15) is 11.8 Å². The van der Waals surface area contributed by atoms with Gasteiger partial charge in [0.15, 0.2) is 0 Å². The molecule has 0 saturated carbocycles. The van der Waals surface area contributed by atoms with Crippen LogP contribution in [0, 0.1) is 0 Å². The first kappa shape index (κ1) is 19.0. The number of urea groups is 1. The number of fused-ring (bicyclic) bond motifs is 1. The highest BCUT2D eigenvalue weighted by molar-refractivity contribution is 6.04. The fraction of sp³-hybridized carbons (Fsp3) is 0.471. The Morgan fingerprint density at radius 1 is 1.30 bits per heavy atom. The van der Waals surface area contributed by atoms with Gasteiger partial charge in [0.25, 0.3) is 5.91 Å². The van der Waals surface area contributed by atoms with Crippen LogP contribution in [-0.4, -0.2) is 78.4 Å². The summed E-state index contributed by atoms with van der Waals surface area (Å²) in [7, 11) is 1.65. The van der Waals surface area contributed by atoms with Gasteiger partial charge in [0, 0.05) is 33.2 Å². The molecule has 8 nitrogen and oxygen atoms in total. The van der Waals surface area contributed by atoms with Crippen molar-refractivity contribution in [3.8, 4) is 5.75 Å². The Morgan fingerprint density at radius 2 is 2.00 bits per heavy atom. The summed E-state index contributed by atoms with van der Waals surface area (Å²) >= 11 is 0. The second-order valence-electron chi connectivity index (χ2n) is 6.51. The number of piperazine rings is 1. The first-order valence-corrected chi connectivity index (χ1v) is 8.45. The van der Waals surface area contributed by atoms with Crippen LogP contribution in [-0.2, 0) is 16.1 Å². The van der Waals surface area contributed by atoms with E-state index in [2.05, 4.69) is 10.1 Å². The molecule has 0 spiro atoms. The van der Waals surface area contributed by atoms with Gasteiger partial charge in [-0.05, 0) is 17.7 Å². The maximum atomic E-state index is 12.4. The van der Waals surface area contributed by atoms with Crippen LogP contribution in [0.4, 0.5) is 13.6 Å². The van der Waals surface area contributed by atoms with Crippen molar-refractivity contribution in [2.24, 2.45) is 0 Å². The van der Waals surface area contributed by atoms with Crippen LogP contribution in [0.15, 0.2) is 24.3 Å². The third-order valence-electron chi connectivity index (χ3n) is 4.61. The number of benzene rings is 1. The summed E-state index contributed by atoms with van der Waals surface area (Å²) < 4.78 is 28.6. The summed E-state index contributed by atoms with van der Waals surface area (Å²) in [6.45, 7) is -1.21. The van der Waals surface area contributed by atoms with E-state index in [1.807, 2.05) is 4.90 Å². The van der Waals surface area contributed by atoms with Crippen LogP contribution >= 0.6 is 0 Å². The molecule has 2 aliphatic heterocycles. The fourth-order valence-corrected chi connectivity index (χ4v) is 3.16. The summed E-state index contributed by atoms with van der Waals surface area (Å²) in [5.74, 6) is -0.414. The van der Waals surface area contributed by atoms with E-state index in [0.717, 1.165) is 5.56 Å². The number of rotatable bonds is 6. The second-order valence-corrected chi connectivity index (χ2v) is 6.51. The van der Waals surface area contributed by atoms with Crippen molar-refractivity contribution in [1.29, 1.82) is 0 Å². The molecule has 4 amide bonds. The molecule has 2 fully saturated rings. The molecule has 0 aromatic heterocycles. The summed E-state index contributed by atoms with van der Waals surface area (Å²) in [6, 6.07) is 5.16. The SMILES string of the molecule is CN(Cc1ccc(OC(F)F)cc1)C(=O)CN1CCN2C(=O)NC(=O)[C@@H]2C1. The Bertz CT molecular complexity index is 728. The van der Waals surface area contributed by atoms with Gasteiger partial charge in [0.05, 0.1) is 6.54 Å². The number of amides is 4. The largest absolute Gasteiger partial charge is 0.435 e. The lowest BCUT2D eigenvalue weighted by molar-refractivity contribution is -0.133. The van der Waals surface area contributed by atoms with Gasteiger partial charge in [-0.3, -0.25) is 19.8 Å². The van der Waals surface area contributed by atoms with Crippen molar-refractivity contribution in [3.05, 3.63) is 29.8 Å². The van der Waals surface area contributed by atoms with E-state index in [-0.39, 0.29) is 30.1 Å². The van der Waals surface area contributed by atoms with Gasteiger partial charge >= 0.3 is 12.6 Å². The fourth-order valence-electron chi connectivity index (χ4n) is 3.16. The monoisotopic (exact) mass is 382 g/mol. The van der Waals surface area contributed by atoms with Crippen molar-refractivity contribution in [2.75, 3.05) is 33.2 Å². The third-order valence-corrected chi connectivity index (χ3v) is 4.61. The van der Waals surface area contributed by atoms with E-state index < -0.39 is 12.7 Å². The van der Waals surface area contributed by atoms with Crippen molar-refractivity contribution in [1.82, 2.24) is 20.0 Å². The molecule has 2 saturated heterocycles. The molecule has 2 heterocycles. The van der Waals surface area contributed by atoms with Crippen LogP contribution < -0.4 is 10.1 Å². The number of halogens is 2. The number of hydrogen-bond donors (Lipinski definition) is 1. The number of nitrogens with one attached hydrogen (secondary N) is 1. The van der Waals surface area contributed by atoms with E-state index in [4.69, 9.17) is 0 Å². The lowest BCUT2D eigenvalue weighted by atomic mass is 10.2. The molecule has 0 unspecified atom stereocenters. The quantitative estimate of drug-likeness (QED) is 0.724. The molecule has 10 heteroatoms. The zero-order chi connectivity index (χ0) is 19.6. The molecule has 0 bridgehead atoms. The molecule has 146 valence electrons. The first-order chi connectivity index (χ1) is 12.8. The van der Waals surface area contributed by atoms with Crippen LogP contribution in [0.3, 0.4) is 0 Å². The predicted molar refractivity (Wildman–Crippen MR) is 90.0 cm³/mol. The number of hydrogen-bond acceptors (Lipinski definition) is 5. The number of nitrogens with zero attached hydrogens (tertiary/aromatic N) is 3. The summed E-state index contributed by atoms with van der Waals surface area (Å²) in [4.78, 5) is 40.7. The smallest absolute Gasteiger partial charge is 0.387 e. The molecule has 0 radical (unpaired) electrons. The van der Waals surface area contributed by atoms with Crippen LogP contribution in [0.1, 0.15) is 5.56 Å². The number of ether oxygens (including phenoxy) is 1. The normalized spacial score (nSPS) is 19.9. The minimum Gasteiger partial charge on any atom is -0.435 e. The number of imide groups is 1.